The van der Waals surface area contributed by atoms with Crippen LogP contribution in [-0.4, -0.2) is 29.3 Å². The van der Waals surface area contributed by atoms with Crippen molar-refractivity contribution in [2.75, 3.05) is 7.11 Å². The number of nitro benzene ring substituents is 1. The van der Waals surface area contributed by atoms with E-state index < -0.39 is 16.9 Å². The Balaban J connectivity index is 1.69. The number of furan rings is 1. The lowest BCUT2D eigenvalue weighted by atomic mass is 10.1. The van der Waals surface area contributed by atoms with Crippen molar-refractivity contribution in [3.8, 4) is 17.1 Å². The fourth-order valence-electron chi connectivity index (χ4n) is 2.57. The summed E-state index contributed by atoms with van der Waals surface area (Å²) in [6.45, 7) is 0. The molecule has 148 valence electrons. The molecule has 9 heteroatoms. The van der Waals surface area contributed by atoms with Gasteiger partial charge in [0, 0.05) is 6.07 Å². The number of hydrogen-bond donors (Lipinski definition) is 2. The van der Waals surface area contributed by atoms with Gasteiger partial charge in [0.15, 0.2) is 6.10 Å². The van der Waals surface area contributed by atoms with Crippen LogP contribution in [0.5, 0.6) is 5.75 Å². The zero-order chi connectivity index (χ0) is 20.8. The highest BCUT2D eigenvalue weighted by atomic mass is 16.6. The topological polar surface area (TPSA) is 127 Å². The molecular formula is C20H17N3O6. The number of nitrogens with zero attached hydrogens (tertiary/aromatic N) is 2. The van der Waals surface area contributed by atoms with E-state index in [1.54, 1.807) is 42.5 Å². The fourth-order valence-corrected chi connectivity index (χ4v) is 2.57. The van der Waals surface area contributed by atoms with Crippen LogP contribution in [0.15, 0.2) is 70.2 Å². The van der Waals surface area contributed by atoms with Crippen molar-refractivity contribution in [1.82, 2.24) is 5.43 Å². The van der Waals surface area contributed by atoms with Crippen LogP contribution in [0.4, 0.5) is 5.69 Å². The number of methoxy groups -OCH3 is 1. The average Bonchev–Trinajstić information content (AvgIpc) is 3.21. The molecule has 2 N–H and O–H groups in total. The molecule has 1 heterocycles. The van der Waals surface area contributed by atoms with Crippen LogP contribution < -0.4 is 10.2 Å². The number of aliphatic hydroxyl groups excluding tert-OH is 1. The highest BCUT2D eigenvalue weighted by Gasteiger charge is 2.17. The molecule has 0 radical (unpaired) electrons. The van der Waals surface area contributed by atoms with Crippen molar-refractivity contribution in [2.45, 2.75) is 6.10 Å². The van der Waals surface area contributed by atoms with E-state index in [2.05, 4.69) is 10.5 Å². The van der Waals surface area contributed by atoms with Crippen LogP contribution in [0.2, 0.25) is 0 Å². The van der Waals surface area contributed by atoms with Crippen LogP contribution in [0, 0.1) is 10.1 Å². The van der Waals surface area contributed by atoms with Crippen molar-refractivity contribution in [3.05, 3.63) is 82.1 Å². The van der Waals surface area contributed by atoms with Gasteiger partial charge in [-0.2, -0.15) is 5.10 Å². The molecule has 0 spiro atoms. The van der Waals surface area contributed by atoms with Gasteiger partial charge in [-0.1, -0.05) is 30.3 Å². The van der Waals surface area contributed by atoms with E-state index in [1.165, 1.54) is 31.5 Å². The lowest BCUT2D eigenvalue weighted by Gasteiger charge is -2.08. The van der Waals surface area contributed by atoms with Crippen LogP contribution in [0.3, 0.4) is 0 Å². The van der Waals surface area contributed by atoms with Gasteiger partial charge in [-0.3, -0.25) is 14.9 Å². The quantitative estimate of drug-likeness (QED) is 0.360. The summed E-state index contributed by atoms with van der Waals surface area (Å²) in [4.78, 5) is 22.3. The minimum absolute atomic E-state index is 0.0985. The second-order valence-corrected chi connectivity index (χ2v) is 5.89. The lowest BCUT2D eigenvalue weighted by molar-refractivity contribution is -0.384. The third-order valence-electron chi connectivity index (χ3n) is 4.02. The SMILES string of the molecule is COc1cc([N+](=O)[O-])ccc1-c1ccc(/C=N\NC(=O)[C@@H](O)c2ccccc2)o1. The van der Waals surface area contributed by atoms with Crippen LogP contribution >= 0.6 is 0 Å². The van der Waals surface area contributed by atoms with E-state index in [4.69, 9.17) is 9.15 Å². The molecule has 1 aromatic heterocycles. The zero-order valence-corrected chi connectivity index (χ0v) is 15.3. The third-order valence-corrected chi connectivity index (χ3v) is 4.02. The van der Waals surface area contributed by atoms with Crippen LogP contribution in [0.1, 0.15) is 17.4 Å². The first-order chi connectivity index (χ1) is 14.0. The van der Waals surface area contributed by atoms with E-state index >= 15 is 0 Å². The minimum atomic E-state index is -1.34. The van der Waals surface area contributed by atoms with Gasteiger partial charge in [0.25, 0.3) is 11.6 Å². The summed E-state index contributed by atoms with van der Waals surface area (Å²) in [6, 6.07) is 15.9. The second kappa shape index (κ2) is 8.81. The normalized spacial score (nSPS) is 11.9. The standard InChI is InChI=1S/C20H17N3O6/c1-28-18-11-14(23(26)27)7-9-16(18)17-10-8-15(29-17)12-21-22-20(25)19(24)13-5-3-2-4-6-13/h2-12,19,24H,1H3,(H,22,25)/b21-12-/t19-/m0/s1. The molecule has 3 aromatic rings. The number of hydrazone groups is 1. The van der Waals surface area contributed by atoms with Gasteiger partial charge < -0.3 is 14.3 Å². The Bertz CT molecular complexity index is 1050. The van der Waals surface area contributed by atoms with Gasteiger partial charge in [-0.15, -0.1) is 0 Å². The van der Waals surface area contributed by atoms with Gasteiger partial charge in [0.05, 0.1) is 29.9 Å². The number of ether oxygens (including phenoxy) is 1. The summed E-state index contributed by atoms with van der Waals surface area (Å²) >= 11 is 0. The van der Waals surface area contributed by atoms with Gasteiger partial charge in [-0.05, 0) is 23.8 Å². The second-order valence-electron chi connectivity index (χ2n) is 5.89. The molecule has 0 fully saturated rings. The predicted molar refractivity (Wildman–Crippen MR) is 104 cm³/mol. The molecule has 1 amide bonds. The first-order valence-corrected chi connectivity index (χ1v) is 8.48. The Morgan fingerprint density at radius 2 is 2.00 bits per heavy atom. The Morgan fingerprint density at radius 3 is 2.69 bits per heavy atom. The Labute approximate surface area is 165 Å². The molecule has 0 aliphatic heterocycles. The number of amides is 1. The minimum Gasteiger partial charge on any atom is -0.496 e. The molecule has 0 aliphatic carbocycles. The summed E-state index contributed by atoms with van der Waals surface area (Å²) in [5.41, 5.74) is 3.12. The van der Waals surface area contributed by atoms with Crippen molar-refractivity contribution < 1.29 is 24.0 Å². The predicted octanol–water partition coefficient (Wildman–Crippen LogP) is 3.05. The molecule has 0 bridgehead atoms. The van der Waals surface area contributed by atoms with E-state index in [1.807, 2.05) is 0 Å². The summed E-state index contributed by atoms with van der Waals surface area (Å²) in [6.07, 6.45) is -0.0679. The number of non-ortho nitro benzene ring substituents is 1. The maximum Gasteiger partial charge on any atom is 0.273 e. The summed E-state index contributed by atoms with van der Waals surface area (Å²) < 4.78 is 10.8. The molecule has 0 aliphatic rings. The summed E-state index contributed by atoms with van der Waals surface area (Å²) in [5.74, 6) is 0.344. The number of nitrogens with one attached hydrogen (secondary N) is 1. The average molecular weight is 395 g/mol. The van der Waals surface area contributed by atoms with Crippen molar-refractivity contribution in [1.29, 1.82) is 0 Å². The molecule has 3 rings (SSSR count). The number of hydrogen-bond acceptors (Lipinski definition) is 7. The molecule has 29 heavy (non-hydrogen) atoms. The highest BCUT2D eigenvalue weighted by Crippen LogP contribution is 2.34. The highest BCUT2D eigenvalue weighted by molar-refractivity contribution is 5.84. The van der Waals surface area contributed by atoms with E-state index in [0.29, 0.717) is 22.6 Å². The molecule has 9 nitrogen and oxygen atoms in total. The number of nitro groups is 1. The third kappa shape index (κ3) is 4.66. The van der Waals surface area contributed by atoms with Gasteiger partial charge >= 0.3 is 0 Å². The van der Waals surface area contributed by atoms with Crippen LogP contribution in [-0.2, 0) is 4.79 Å². The van der Waals surface area contributed by atoms with Gasteiger partial charge in [-0.25, -0.2) is 5.43 Å². The van der Waals surface area contributed by atoms with Gasteiger partial charge in [0.1, 0.15) is 17.3 Å². The Hall–Kier alpha value is -3.98. The molecule has 0 saturated heterocycles. The van der Waals surface area contributed by atoms with Crippen molar-refractivity contribution in [2.24, 2.45) is 5.10 Å². The first kappa shape index (κ1) is 19.8. The lowest BCUT2D eigenvalue weighted by Crippen LogP contribution is -2.25. The molecule has 2 aromatic carbocycles. The summed E-state index contributed by atoms with van der Waals surface area (Å²) in [7, 11) is 1.40. The van der Waals surface area contributed by atoms with Crippen LogP contribution in [0.25, 0.3) is 11.3 Å². The number of rotatable bonds is 7. The number of aliphatic hydroxyl groups is 1. The molecule has 0 saturated carbocycles. The maximum absolute atomic E-state index is 12.0. The molecule has 1 atom stereocenters. The Morgan fingerprint density at radius 1 is 1.24 bits per heavy atom. The maximum atomic E-state index is 12.0. The zero-order valence-electron chi connectivity index (χ0n) is 15.3. The molecular weight excluding hydrogens is 378 g/mol. The first-order valence-electron chi connectivity index (χ1n) is 8.48. The summed E-state index contributed by atoms with van der Waals surface area (Å²) in [5, 5.41) is 24.7. The number of benzene rings is 2. The Kier molecular flexibility index (Phi) is 6.00. The largest absolute Gasteiger partial charge is 0.496 e. The molecule has 0 unspecified atom stereocenters. The van der Waals surface area contributed by atoms with E-state index in [9.17, 15) is 20.0 Å². The van der Waals surface area contributed by atoms with Crippen molar-refractivity contribution in [3.63, 3.8) is 0 Å². The monoisotopic (exact) mass is 395 g/mol. The van der Waals surface area contributed by atoms with E-state index in [-0.39, 0.29) is 11.4 Å². The smallest absolute Gasteiger partial charge is 0.273 e. The van der Waals surface area contributed by atoms with E-state index in [0.717, 1.165) is 0 Å². The number of carbonyl (C=O) groups is 1. The number of carbonyl (C=O) groups excluding carboxylic acids is 1. The fraction of sp³-hybridized carbons (Fsp3) is 0.100. The van der Waals surface area contributed by atoms with Crippen molar-refractivity contribution >= 4 is 17.8 Å². The van der Waals surface area contributed by atoms with Gasteiger partial charge in [0.2, 0.25) is 0 Å².